The van der Waals surface area contributed by atoms with Crippen LogP contribution >= 0.6 is 39.0 Å². The Bertz CT molecular complexity index is 1570. The molecule has 13 heteroatoms. The third-order valence-electron chi connectivity index (χ3n) is 4.50. The molecule has 8 nitrogen and oxygen atoms in total. The number of nitrogen functional groups attached to an aromatic ring is 1. The Morgan fingerprint density at radius 1 is 1.08 bits per heavy atom. The summed E-state index contributed by atoms with van der Waals surface area (Å²) in [6.07, 6.45) is 1.75. The van der Waals surface area contributed by atoms with Gasteiger partial charge in [-0.2, -0.15) is 8.42 Å². The Hall–Kier alpha value is -2.19. The van der Waals surface area contributed by atoms with Crippen molar-refractivity contribution in [2.24, 2.45) is 9.50 Å². The highest BCUT2D eigenvalue weighted by atomic mass is 79.9. The van der Waals surface area contributed by atoms with E-state index in [1.807, 2.05) is 0 Å². The minimum atomic E-state index is -4.53. The van der Waals surface area contributed by atoms with Crippen molar-refractivity contribution < 1.29 is 22.2 Å². The van der Waals surface area contributed by atoms with Gasteiger partial charge >= 0.3 is 5.97 Å². The first kappa shape index (κ1) is 28.4. The van der Waals surface area contributed by atoms with Gasteiger partial charge in [-0.25, -0.2) is 9.00 Å². The number of esters is 1. The molecule has 0 radical (unpaired) electrons. The zero-order valence-corrected chi connectivity index (χ0v) is 24.6. The average Bonchev–Trinajstić information content (AvgIpc) is 3.23. The quantitative estimate of drug-likeness (QED) is 0.147. The number of hydrogen-bond acceptors (Lipinski definition) is 8. The molecule has 3 rings (SSSR count). The van der Waals surface area contributed by atoms with Crippen LogP contribution in [0.25, 0.3) is 0 Å². The van der Waals surface area contributed by atoms with Gasteiger partial charge in [0, 0.05) is 4.47 Å². The number of nitrogens with zero attached hydrogens (tertiary/aromatic N) is 1. The fourth-order valence-electron chi connectivity index (χ4n) is 2.98. The molecule has 1 atom stereocenters. The monoisotopic (exact) mass is 629 g/mol. The molecule has 0 amide bonds. The first-order valence-corrected chi connectivity index (χ1v) is 16.1. The molecular weight excluding hydrogens is 606 g/mol. The second kappa shape index (κ2) is 10.7. The Balaban J connectivity index is 2.28. The Morgan fingerprint density at radius 2 is 1.72 bits per heavy atom. The fourth-order valence-corrected chi connectivity index (χ4v) is 10.1. The Labute approximate surface area is 227 Å². The number of nitrogens with two attached hydrogens (primary N) is 1. The smallest absolute Gasteiger partial charge is 0.338 e. The van der Waals surface area contributed by atoms with E-state index in [9.17, 15) is 17.4 Å². The lowest BCUT2D eigenvalue weighted by atomic mass is 10.2. The lowest BCUT2D eigenvalue weighted by Crippen LogP contribution is -2.24. The molecule has 0 spiro atoms. The maximum Gasteiger partial charge on any atom is 0.338 e. The van der Waals surface area contributed by atoms with E-state index in [4.69, 9.17) is 15.9 Å². The summed E-state index contributed by atoms with van der Waals surface area (Å²) in [6.45, 7) is 5.11. The zero-order valence-electron chi connectivity index (χ0n) is 19.8. The summed E-state index contributed by atoms with van der Waals surface area (Å²) >= 11 is 5.73. The lowest BCUT2D eigenvalue weighted by molar-refractivity contribution is 0.00692. The van der Waals surface area contributed by atoms with E-state index >= 15 is 0 Å². The number of carbonyl (C=O) groups excluding carboxylic acids is 1. The number of nitrogens with one attached hydrogen (secondary N) is 1. The molecule has 3 N–H and O–H groups in total. The molecule has 1 heterocycles. The Kier molecular flexibility index (Phi) is 8.40. The molecule has 0 aliphatic carbocycles. The van der Waals surface area contributed by atoms with E-state index in [-0.39, 0.29) is 26.1 Å². The second-order valence-electron chi connectivity index (χ2n) is 8.44. The van der Waals surface area contributed by atoms with Crippen LogP contribution < -0.4 is 5.73 Å². The number of hydrogen-bond donors (Lipinski definition) is 2. The van der Waals surface area contributed by atoms with Crippen LogP contribution in [0.2, 0.25) is 0 Å². The predicted octanol–water partition coefficient (Wildman–Crippen LogP) is 5.75. The van der Waals surface area contributed by atoms with Gasteiger partial charge in [-0.3, -0.25) is 5.41 Å². The van der Waals surface area contributed by atoms with Crippen LogP contribution in [0.3, 0.4) is 0 Å². The highest BCUT2D eigenvalue weighted by Crippen LogP contribution is 2.39. The number of thioether (sulfide) groups is 1. The molecular formula is C23H24BrN3O5S4. The molecule has 0 aliphatic rings. The van der Waals surface area contributed by atoms with Crippen LogP contribution in [0.4, 0.5) is 0 Å². The van der Waals surface area contributed by atoms with Gasteiger partial charge in [-0.15, -0.1) is 23.1 Å². The van der Waals surface area contributed by atoms with Gasteiger partial charge < -0.3 is 10.5 Å². The molecule has 2 aromatic carbocycles. The van der Waals surface area contributed by atoms with Gasteiger partial charge in [-0.1, -0.05) is 31.8 Å². The minimum Gasteiger partial charge on any atom is -0.456 e. The molecule has 0 bridgehead atoms. The highest BCUT2D eigenvalue weighted by Gasteiger charge is 2.28. The molecule has 0 fully saturated rings. The van der Waals surface area contributed by atoms with Crippen molar-refractivity contribution >= 4 is 70.6 Å². The SMILES string of the molecule is CSc1sc(C(=N)N)cc1S(=O)(=NS(=O)(=O)c1cccc(C(=O)OC(C)(C)C)c1)c1cccc(Br)c1. The van der Waals surface area contributed by atoms with Gasteiger partial charge in [0.25, 0.3) is 10.0 Å². The van der Waals surface area contributed by atoms with Crippen LogP contribution in [0, 0.1) is 5.41 Å². The van der Waals surface area contributed by atoms with Crippen molar-refractivity contribution in [2.45, 2.75) is 45.3 Å². The average molecular weight is 631 g/mol. The van der Waals surface area contributed by atoms with Gasteiger partial charge in [0.2, 0.25) is 0 Å². The number of rotatable bonds is 7. The van der Waals surface area contributed by atoms with E-state index in [1.54, 1.807) is 39.2 Å². The molecule has 3 aromatic rings. The van der Waals surface area contributed by atoms with E-state index in [1.165, 1.54) is 48.2 Å². The van der Waals surface area contributed by atoms with E-state index in [2.05, 4.69) is 19.7 Å². The number of carbonyl (C=O) groups is 1. The van der Waals surface area contributed by atoms with Gasteiger partial charge in [0.15, 0.2) is 0 Å². The van der Waals surface area contributed by atoms with Crippen molar-refractivity contribution in [3.8, 4) is 0 Å². The Morgan fingerprint density at radius 3 is 2.31 bits per heavy atom. The molecule has 0 aliphatic heterocycles. The largest absolute Gasteiger partial charge is 0.456 e. The van der Waals surface area contributed by atoms with Crippen molar-refractivity contribution in [3.63, 3.8) is 0 Å². The van der Waals surface area contributed by atoms with Gasteiger partial charge in [0.1, 0.15) is 21.2 Å². The van der Waals surface area contributed by atoms with Crippen molar-refractivity contribution in [1.29, 1.82) is 5.41 Å². The second-order valence-corrected chi connectivity index (χ2v) is 15.5. The fraction of sp³-hybridized carbons (Fsp3) is 0.217. The third kappa shape index (κ3) is 6.38. The molecule has 192 valence electrons. The first-order chi connectivity index (χ1) is 16.7. The van der Waals surface area contributed by atoms with E-state index in [0.717, 1.165) is 17.4 Å². The number of amidine groups is 1. The number of benzene rings is 2. The van der Waals surface area contributed by atoms with E-state index in [0.29, 0.717) is 13.6 Å². The van der Waals surface area contributed by atoms with Crippen LogP contribution in [0.1, 0.15) is 36.0 Å². The summed E-state index contributed by atoms with van der Waals surface area (Å²) in [5.74, 6) is -0.925. The highest BCUT2D eigenvalue weighted by molar-refractivity contribution is 9.10. The number of thiophene rings is 1. The van der Waals surface area contributed by atoms with Gasteiger partial charge in [0.05, 0.1) is 29.3 Å². The molecule has 0 saturated carbocycles. The van der Waals surface area contributed by atoms with Crippen LogP contribution in [-0.2, 0) is 24.5 Å². The normalized spacial score (nSPS) is 13.6. The molecule has 0 saturated heterocycles. The topological polar surface area (TPSA) is 140 Å². The first-order valence-electron chi connectivity index (χ1n) is 10.3. The summed E-state index contributed by atoms with van der Waals surface area (Å²) in [6, 6.07) is 13.1. The molecule has 36 heavy (non-hydrogen) atoms. The summed E-state index contributed by atoms with van der Waals surface area (Å²) < 4.78 is 52.0. The maximum atomic E-state index is 14.6. The van der Waals surface area contributed by atoms with Crippen LogP contribution in [-0.4, -0.2) is 36.3 Å². The molecule has 1 aromatic heterocycles. The standard InChI is InChI=1S/C23H24BrN3O5S4/c1-23(2,3)32-21(28)14-7-5-10-17(11-14)36(30,31)27-35(29,16-9-6-8-15(24)12-16)19-13-18(20(25)26)34-22(19)33-4/h5-13H,1-4H3,(H3,25,26). The van der Waals surface area contributed by atoms with Crippen LogP contribution in [0.15, 0.2) is 81.7 Å². The summed E-state index contributed by atoms with van der Waals surface area (Å²) in [7, 11) is -8.29. The lowest BCUT2D eigenvalue weighted by Gasteiger charge is -2.19. The van der Waals surface area contributed by atoms with E-state index < -0.39 is 31.3 Å². The van der Waals surface area contributed by atoms with Crippen molar-refractivity contribution in [3.05, 3.63) is 69.5 Å². The number of sulfonamides is 1. The van der Waals surface area contributed by atoms with Crippen molar-refractivity contribution in [1.82, 2.24) is 0 Å². The summed E-state index contributed by atoms with van der Waals surface area (Å²) in [5.41, 5.74) is 4.91. The summed E-state index contributed by atoms with van der Waals surface area (Å²) in [4.78, 5) is 12.9. The minimum absolute atomic E-state index is 0.0226. The maximum absolute atomic E-state index is 14.6. The zero-order chi connectivity index (χ0) is 26.9. The predicted molar refractivity (Wildman–Crippen MR) is 147 cm³/mol. The molecule has 1 unspecified atom stereocenters. The van der Waals surface area contributed by atoms with Crippen molar-refractivity contribution in [2.75, 3.05) is 6.26 Å². The number of halogens is 1. The summed E-state index contributed by atoms with van der Waals surface area (Å²) in [5, 5.41) is 7.79. The van der Waals surface area contributed by atoms with Crippen LogP contribution in [0.5, 0.6) is 0 Å². The van der Waals surface area contributed by atoms with Gasteiger partial charge in [-0.05, 0) is 69.5 Å². The number of ether oxygens (including phenoxy) is 1. The third-order valence-corrected chi connectivity index (χ3v) is 11.8.